The van der Waals surface area contributed by atoms with E-state index in [4.69, 9.17) is 4.98 Å². The van der Waals surface area contributed by atoms with Crippen molar-refractivity contribution in [2.75, 3.05) is 23.3 Å². The molecular formula is C23H24N4O2S. The highest BCUT2D eigenvalue weighted by Gasteiger charge is 2.44. The van der Waals surface area contributed by atoms with E-state index < -0.39 is 5.54 Å². The maximum absolute atomic E-state index is 13.5. The summed E-state index contributed by atoms with van der Waals surface area (Å²) in [6.07, 6.45) is 2.03. The second kappa shape index (κ2) is 7.18. The van der Waals surface area contributed by atoms with Crippen molar-refractivity contribution in [3.63, 3.8) is 0 Å². The molecule has 2 aromatic carbocycles. The zero-order valence-electron chi connectivity index (χ0n) is 17.1. The molecule has 1 fully saturated rings. The fourth-order valence-corrected chi connectivity index (χ4v) is 5.61. The van der Waals surface area contributed by atoms with E-state index in [0.717, 1.165) is 35.6 Å². The van der Waals surface area contributed by atoms with Crippen LogP contribution in [-0.4, -0.2) is 40.3 Å². The molecule has 0 unspecified atom stereocenters. The molecule has 1 N–H and O–H groups in total. The molecule has 0 saturated carbocycles. The van der Waals surface area contributed by atoms with Crippen LogP contribution in [0.2, 0.25) is 0 Å². The Morgan fingerprint density at radius 2 is 1.97 bits per heavy atom. The van der Waals surface area contributed by atoms with Crippen LogP contribution >= 0.6 is 11.3 Å². The first-order valence-corrected chi connectivity index (χ1v) is 11.1. The molecule has 7 heteroatoms. The summed E-state index contributed by atoms with van der Waals surface area (Å²) >= 11 is 1.71. The summed E-state index contributed by atoms with van der Waals surface area (Å²) in [6.45, 7) is 4.72. The van der Waals surface area contributed by atoms with Gasteiger partial charge in [-0.05, 0) is 57.5 Å². The van der Waals surface area contributed by atoms with Crippen LogP contribution in [0.15, 0.2) is 48.5 Å². The number of likely N-dealkylation sites (tertiary alicyclic amines) is 1. The standard InChI is InChI=1S/C23H24N4O2S/c1-23(2)22(29)25-15-8-3-5-10-17(15)27(23)20(28)14-26-13-7-11-18(26)21-24-16-9-4-6-12-19(16)30-21/h3-6,8-10,12,18H,7,11,13-14H2,1-2H3,(H,25,29)/t18-/m0/s1. The molecule has 2 amide bonds. The Morgan fingerprint density at radius 3 is 2.80 bits per heavy atom. The molecule has 30 heavy (non-hydrogen) atoms. The van der Waals surface area contributed by atoms with E-state index in [1.165, 1.54) is 4.70 Å². The summed E-state index contributed by atoms with van der Waals surface area (Å²) in [5.74, 6) is -0.228. The first-order chi connectivity index (χ1) is 14.4. The van der Waals surface area contributed by atoms with Crippen LogP contribution < -0.4 is 10.2 Å². The van der Waals surface area contributed by atoms with Crippen LogP contribution in [0.5, 0.6) is 0 Å². The van der Waals surface area contributed by atoms with Crippen LogP contribution in [0.25, 0.3) is 10.2 Å². The van der Waals surface area contributed by atoms with Gasteiger partial charge < -0.3 is 5.32 Å². The highest BCUT2D eigenvalue weighted by atomic mass is 32.1. The Hall–Kier alpha value is -2.77. The number of fused-ring (bicyclic) bond motifs is 2. The maximum Gasteiger partial charge on any atom is 0.250 e. The number of hydrogen-bond donors (Lipinski definition) is 1. The van der Waals surface area contributed by atoms with Crippen molar-refractivity contribution in [3.05, 3.63) is 53.5 Å². The molecule has 1 aromatic heterocycles. The summed E-state index contributed by atoms with van der Waals surface area (Å²) in [5, 5.41) is 3.99. The van der Waals surface area contributed by atoms with Crippen LogP contribution in [0, 0.1) is 0 Å². The summed E-state index contributed by atoms with van der Waals surface area (Å²) in [4.78, 5) is 34.9. The topological polar surface area (TPSA) is 65.5 Å². The monoisotopic (exact) mass is 420 g/mol. The molecule has 2 aliphatic heterocycles. The lowest BCUT2D eigenvalue weighted by atomic mass is 9.96. The SMILES string of the molecule is CC1(C)C(=O)Nc2ccccc2N1C(=O)CN1CCC[C@H]1c1nc2ccccc2s1. The number of carbonyl (C=O) groups excluding carboxylic acids is 2. The first kappa shape index (κ1) is 19.2. The Morgan fingerprint density at radius 1 is 1.20 bits per heavy atom. The number of para-hydroxylation sites is 3. The van der Waals surface area contributed by atoms with Crippen molar-refractivity contribution in [2.45, 2.75) is 38.3 Å². The van der Waals surface area contributed by atoms with E-state index in [1.54, 1.807) is 30.1 Å². The highest BCUT2D eigenvalue weighted by Crippen LogP contribution is 2.39. The van der Waals surface area contributed by atoms with Gasteiger partial charge in [0.25, 0.3) is 0 Å². The number of hydrogen-bond acceptors (Lipinski definition) is 5. The van der Waals surface area contributed by atoms with Crippen molar-refractivity contribution in [1.82, 2.24) is 9.88 Å². The van der Waals surface area contributed by atoms with Gasteiger partial charge in [0.1, 0.15) is 10.5 Å². The average molecular weight is 421 g/mol. The second-order valence-corrected chi connectivity index (χ2v) is 9.47. The number of thiazole rings is 1. The Balaban J connectivity index is 1.43. The Labute approximate surface area is 179 Å². The number of amides is 2. The van der Waals surface area contributed by atoms with Crippen molar-refractivity contribution in [2.24, 2.45) is 0 Å². The Kier molecular flexibility index (Phi) is 4.60. The van der Waals surface area contributed by atoms with Gasteiger partial charge in [-0.15, -0.1) is 11.3 Å². The fraction of sp³-hybridized carbons (Fsp3) is 0.348. The molecule has 6 nitrogen and oxygen atoms in total. The van der Waals surface area contributed by atoms with Gasteiger partial charge in [-0.1, -0.05) is 24.3 Å². The molecule has 0 bridgehead atoms. The van der Waals surface area contributed by atoms with Crippen LogP contribution in [-0.2, 0) is 9.59 Å². The molecule has 3 heterocycles. The first-order valence-electron chi connectivity index (χ1n) is 10.3. The van der Waals surface area contributed by atoms with E-state index in [0.29, 0.717) is 5.69 Å². The number of rotatable bonds is 3. The number of carbonyl (C=O) groups is 2. The van der Waals surface area contributed by atoms with Gasteiger partial charge in [-0.3, -0.25) is 19.4 Å². The smallest absolute Gasteiger partial charge is 0.250 e. The fourth-order valence-electron chi connectivity index (χ4n) is 4.47. The van der Waals surface area contributed by atoms with Gasteiger partial charge in [0.05, 0.1) is 34.2 Å². The molecule has 0 spiro atoms. The predicted octanol–water partition coefficient (Wildman–Crippen LogP) is 4.20. The molecule has 1 saturated heterocycles. The van der Waals surface area contributed by atoms with Gasteiger partial charge in [-0.2, -0.15) is 0 Å². The molecule has 5 rings (SSSR count). The number of benzene rings is 2. The average Bonchev–Trinajstić information content (AvgIpc) is 3.34. The van der Waals surface area contributed by atoms with Crippen LogP contribution in [0.1, 0.15) is 37.7 Å². The number of anilines is 2. The normalized spacial score (nSPS) is 20.9. The third-order valence-electron chi connectivity index (χ3n) is 6.05. The summed E-state index contributed by atoms with van der Waals surface area (Å²) in [5.41, 5.74) is 1.50. The Bertz CT molecular complexity index is 1110. The maximum atomic E-state index is 13.5. The van der Waals surface area contributed by atoms with Crippen LogP contribution in [0.4, 0.5) is 11.4 Å². The molecule has 1 atom stereocenters. The van der Waals surface area contributed by atoms with Crippen molar-refractivity contribution >= 4 is 44.7 Å². The molecule has 154 valence electrons. The number of nitrogens with one attached hydrogen (secondary N) is 1. The van der Waals surface area contributed by atoms with Gasteiger partial charge >= 0.3 is 0 Å². The van der Waals surface area contributed by atoms with E-state index in [9.17, 15) is 9.59 Å². The largest absolute Gasteiger partial charge is 0.322 e. The third kappa shape index (κ3) is 3.09. The molecule has 3 aromatic rings. The minimum atomic E-state index is -0.948. The third-order valence-corrected chi connectivity index (χ3v) is 7.19. The lowest BCUT2D eigenvalue weighted by Gasteiger charge is -2.42. The van der Waals surface area contributed by atoms with Gasteiger partial charge in [0.2, 0.25) is 11.8 Å². The summed E-state index contributed by atoms with van der Waals surface area (Å²) in [6, 6.07) is 15.8. The molecule has 0 radical (unpaired) electrons. The lowest BCUT2D eigenvalue weighted by molar-refractivity contribution is -0.127. The molecule has 2 aliphatic rings. The summed E-state index contributed by atoms with van der Waals surface area (Å²) in [7, 11) is 0. The quantitative estimate of drug-likeness (QED) is 0.690. The van der Waals surface area contributed by atoms with Crippen LogP contribution in [0.3, 0.4) is 0 Å². The molecular weight excluding hydrogens is 396 g/mol. The van der Waals surface area contributed by atoms with Crippen molar-refractivity contribution < 1.29 is 9.59 Å². The highest BCUT2D eigenvalue weighted by molar-refractivity contribution is 7.18. The minimum absolute atomic E-state index is 0.0599. The van der Waals surface area contributed by atoms with E-state index in [2.05, 4.69) is 16.3 Å². The number of aromatic nitrogens is 1. The van der Waals surface area contributed by atoms with Crippen molar-refractivity contribution in [3.8, 4) is 0 Å². The zero-order chi connectivity index (χ0) is 20.9. The lowest BCUT2D eigenvalue weighted by Crippen LogP contribution is -2.60. The zero-order valence-corrected chi connectivity index (χ0v) is 17.9. The van der Waals surface area contributed by atoms with Gasteiger partial charge in [0.15, 0.2) is 0 Å². The van der Waals surface area contributed by atoms with Crippen molar-refractivity contribution in [1.29, 1.82) is 0 Å². The molecule has 0 aliphatic carbocycles. The van der Waals surface area contributed by atoms with E-state index in [-0.39, 0.29) is 24.4 Å². The minimum Gasteiger partial charge on any atom is -0.322 e. The predicted molar refractivity (Wildman–Crippen MR) is 120 cm³/mol. The van der Waals surface area contributed by atoms with Gasteiger partial charge in [0, 0.05) is 0 Å². The number of nitrogens with zero attached hydrogens (tertiary/aromatic N) is 3. The van der Waals surface area contributed by atoms with E-state index in [1.807, 2.05) is 42.5 Å². The van der Waals surface area contributed by atoms with E-state index >= 15 is 0 Å². The van der Waals surface area contributed by atoms with Gasteiger partial charge in [-0.25, -0.2) is 4.98 Å². The second-order valence-electron chi connectivity index (χ2n) is 8.41. The summed E-state index contributed by atoms with van der Waals surface area (Å²) < 4.78 is 1.17.